The number of imidazole rings is 1. The van der Waals surface area contributed by atoms with Gasteiger partial charge in [0.05, 0.1) is 12.5 Å². The van der Waals surface area contributed by atoms with Crippen molar-refractivity contribution in [3.63, 3.8) is 0 Å². The number of sulfonamides is 1. The standard InChI is InChI=1S/C9H15N3O4S/c1-2-3-4-7(9(13)14)12-17(15,16)8-5-10-6-11-8/h5-7,12H,2-4H2,1H3,(H,10,11)(H,13,14)/t7-/m0/s1. The van der Waals surface area contributed by atoms with Crippen LogP contribution in [0.3, 0.4) is 0 Å². The van der Waals surface area contributed by atoms with E-state index in [0.29, 0.717) is 6.42 Å². The average molecular weight is 261 g/mol. The van der Waals surface area contributed by atoms with Gasteiger partial charge < -0.3 is 10.1 Å². The number of aliphatic carboxylic acids is 1. The highest BCUT2D eigenvalue weighted by atomic mass is 32.2. The number of aromatic amines is 1. The van der Waals surface area contributed by atoms with E-state index in [1.54, 1.807) is 0 Å². The lowest BCUT2D eigenvalue weighted by molar-refractivity contribution is -0.139. The maximum atomic E-state index is 11.7. The van der Waals surface area contributed by atoms with Gasteiger partial charge in [0.25, 0.3) is 10.0 Å². The molecule has 0 radical (unpaired) electrons. The molecule has 8 heteroatoms. The number of carboxylic acids is 1. The molecule has 0 bridgehead atoms. The fourth-order valence-corrected chi connectivity index (χ4v) is 2.41. The van der Waals surface area contributed by atoms with Gasteiger partial charge in [-0.05, 0) is 6.42 Å². The number of nitrogens with zero attached hydrogens (tertiary/aromatic N) is 1. The SMILES string of the molecule is CCCC[C@H](NS(=O)(=O)c1cnc[nH]1)C(=O)O. The summed E-state index contributed by atoms with van der Waals surface area (Å²) in [4.78, 5) is 16.9. The van der Waals surface area contributed by atoms with Gasteiger partial charge in [-0.15, -0.1) is 0 Å². The first-order valence-electron chi connectivity index (χ1n) is 5.21. The molecule has 17 heavy (non-hydrogen) atoms. The first-order chi connectivity index (χ1) is 7.97. The van der Waals surface area contributed by atoms with E-state index in [-0.39, 0.29) is 11.4 Å². The van der Waals surface area contributed by atoms with Crippen LogP contribution in [0.25, 0.3) is 0 Å². The second kappa shape index (κ2) is 5.78. The third-order valence-corrected chi connectivity index (χ3v) is 3.60. The number of nitrogens with one attached hydrogen (secondary N) is 2. The second-order valence-corrected chi connectivity index (χ2v) is 5.25. The fourth-order valence-electron chi connectivity index (χ4n) is 1.28. The summed E-state index contributed by atoms with van der Waals surface area (Å²) in [6, 6.07) is -1.11. The largest absolute Gasteiger partial charge is 0.480 e. The topological polar surface area (TPSA) is 112 Å². The van der Waals surface area contributed by atoms with Crippen molar-refractivity contribution in [1.82, 2.24) is 14.7 Å². The number of aromatic nitrogens is 2. The number of unbranched alkanes of at least 4 members (excludes halogenated alkanes) is 1. The van der Waals surface area contributed by atoms with Gasteiger partial charge in [-0.25, -0.2) is 13.4 Å². The molecule has 0 unspecified atom stereocenters. The van der Waals surface area contributed by atoms with Gasteiger partial charge in [0.2, 0.25) is 0 Å². The van der Waals surface area contributed by atoms with E-state index in [1.165, 1.54) is 6.33 Å². The molecule has 3 N–H and O–H groups in total. The van der Waals surface area contributed by atoms with Crippen LogP contribution in [-0.2, 0) is 14.8 Å². The molecule has 0 saturated heterocycles. The predicted molar refractivity (Wildman–Crippen MR) is 59.9 cm³/mol. The summed E-state index contributed by atoms with van der Waals surface area (Å²) in [5, 5.41) is 8.77. The van der Waals surface area contributed by atoms with Gasteiger partial charge in [0, 0.05) is 0 Å². The Balaban J connectivity index is 2.76. The van der Waals surface area contributed by atoms with Crippen molar-refractivity contribution in [3.05, 3.63) is 12.5 Å². The average Bonchev–Trinajstić information content (AvgIpc) is 2.77. The van der Waals surface area contributed by atoms with Gasteiger partial charge in [-0.3, -0.25) is 4.79 Å². The lowest BCUT2D eigenvalue weighted by Crippen LogP contribution is -2.40. The predicted octanol–water partition coefficient (Wildman–Crippen LogP) is 0.331. The number of carbonyl (C=O) groups is 1. The van der Waals surface area contributed by atoms with Gasteiger partial charge in [0.1, 0.15) is 6.04 Å². The van der Waals surface area contributed by atoms with Crippen molar-refractivity contribution < 1.29 is 18.3 Å². The van der Waals surface area contributed by atoms with Crippen LogP contribution in [0.15, 0.2) is 17.6 Å². The van der Waals surface area contributed by atoms with Crippen LogP contribution in [-0.4, -0.2) is 35.5 Å². The normalized spacial score (nSPS) is 13.5. The smallest absolute Gasteiger partial charge is 0.321 e. The Labute approximate surface area is 99.3 Å². The van der Waals surface area contributed by atoms with E-state index in [9.17, 15) is 13.2 Å². The quantitative estimate of drug-likeness (QED) is 0.654. The second-order valence-electron chi connectivity index (χ2n) is 3.57. The summed E-state index contributed by atoms with van der Waals surface area (Å²) in [7, 11) is -3.84. The first kappa shape index (κ1) is 13.7. The van der Waals surface area contributed by atoms with Crippen LogP contribution in [0.1, 0.15) is 26.2 Å². The Morgan fingerprint density at radius 2 is 2.35 bits per heavy atom. The van der Waals surface area contributed by atoms with Crippen LogP contribution in [0.4, 0.5) is 0 Å². The highest BCUT2D eigenvalue weighted by Gasteiger charge is 2.25. The maximum Gasteiger partial charge on any atom is 0.321 e. The Morgan fingerprint density at radius 3 is 2.82 bits per heavy atom. The molecule has 1 aromatic heterocycles. The maximum absolute atomic E-state index is 11.7. The van der Waals surface area contributed by atoms with Gasteiger partial charge in [-0.1, -0.05) is 19.8 Å². The highest BCUT2D eigenvalue weighted by molar-refractivity contribution is 7.89. The van der Waals surface area contributed by atoms with Crippen LogP contribution in [0.2, 0.25) is 0 Å². The summed E-state index contributed by atoms with van der Waals surface area (Å²) < 4.78 is 25.6. The third-order valence-electron chi connectivity index (χ3n) is 2.20. The zero-order valence-corrected chi connectivity index (χ0v) is 10.2. The van der Waals surface area contributed by atoms with Crippen LogP contribution in [0, 0.1) is 0 Å². The first-order valence-corrected chi connectivity index (χ1v) is 6.69. The van der Waals surface area contributed by atoms with Crippen molar-refractivity contribution in [2.75, 3.05) is 0 Å². The van der Waals surface area contributed by atoms with Crippen molar-refractivity contribution in [2.45, 2.75) is 37.3 Å². The molecule has 7 nitrogen and oxygen atoms in total. The summed E-state index contributed by atoms with van der Waals surface area (Å²) in [5.74, 6) is -1.18. The van der Waals surface area contributed by atoms with Crippen molar-refractivity contribution in [1.29, 1.82) is 0 Å². The van der Waals surface area contributed by atoms with E-state index in [1.807, 2.05) is 6.92 Å². The summed E-state index contributed by atoms with van der Waals surface area (Å²) in [6.45, 7) is 1.91. The number of carboxylic acid groups (broad SMARTS) is 1. The number of H-pyrrole nitrogens is 1. The summed E-state index contributed by atoms with van der Waals surface area (Å²) in [5.41, 5.74) is 0. The minimum Gasteiger partial charge on any atom is -0.480 e. The van der Waals surface area contributed by atoms with Gasteiger partial charge in [0.15, 0.2) is 5.03 Å². The third kappa shape index (κ3) is 3.82. The lowest BCUT2D eigenvalue weighted by atomic mass is 10.1. The zero-order valence-electron chi connectivity index (χ0n) is 9.38. The molecule has 0 fully saturated rings. The minimum atomic E-state index is -3.84. The molecule has 1 aromatic rings. The Kier molecular flexibility index (Phi) is 4.64. The molecule has 0 aliphatic carbocycles. The summed E-state index contributed by atoms with van der Waals surface area (Å²) >= 11 is 0. The van der Waals surface area contributed by atoms with Crippen LogP contribution < -0.4 is 4.72 Å². The Morgan fingerprint density at radius 1 is 1.65 bits per heavy atom. The molecule has 0 aromatic carbocycles. The highest BCUT2D eigenvalue weighted by Crippen LogP contribution is 2.07. The number of hydrogen-bond donors (Lipinski definition) is 3. The molecule has 0 aliphatic rings. The lowest BCUT2D eigenvalue weighted by Gasteiger charge is -2.13. The van der Waals surface area contributed by atoms with Crippen molar-refractivity contribution >= 4 is 16.0 Å². The van der Waals surface area contributed by atoms with E-state index >= 15 is 0 Å². The minimum absolute atomic E-state index is 0.139. The fraction of sp³-hybridized carbons (Fsp3) is 0.556. The van der Waals surface area contributed by atoms with E-state index in [4.69, 9.17) is 5.11 Å². The molecular weight excluding hydrogens is 246 g/mol. The van der Waals surface area contributed by atoms with Gasteiger partial charge in [-0.2, -0.15) is 4.72 Å². The van der Waals surface area contributed by atoms with Gasteiger partial charge >= 0.3 is 5.97 Å². The monoisotopic (exact) mass is 261 g/mol. The van der Waals surface area contributed by atoms with E-state index in [0.717, 1.165) is 12.6 Å². The molecule has 96 valence electrons. The van der Waals surface area contributed by atoms with Crippen molar-refractivity contribution in [3.8, 4) is 0 Å². The Hall–Kier alpha value is -1.41. The van der Waals surface area contributed by atoms with Crippen LogP contribution in [0.5, 0.6) is 0 Å². The molecule has 0 amide bonds. The number of rotatable bonds is 7. The van der Waals surface area contributed by atoms with Crippen molar-refractivity contribution in [2.24, 2.45) is 0 Å². The van der Waals surface area contributed by atoms with E-state index in [2.05, 4.69) is 14.7 Å². The molecular formula is C9H15N3O4S. The molecule has 0 saturated carbocycles. The zero-order chi connectivity index (χ0) is 12.9. The summed E-state index contributed by atoms with van der Waals surface area (Å²) in [6.07, 6.45) is 4.05. The molecule has 0 aliphatic heterocycles. The Bertz CT molecular complexity index is 455. The van der Waals surface area contributed by atoms with E-state index < -0.39 is 22.0 Å². The number of hydrogen-bond acceptors (Lipinski definition) is 4. The van der Waals surface area contributed by atoms with Crippen LogP contribution >= 0.6 is 0 Å². The molecule has 1 rings (SSSR count). The molecule has 1 atom stereocenters. The molecule has 0 spiro atoms. The molecule has 1 heterocycles.